The minimum Gasteiger partial charge on any atom is -0.465 e. The van der Waals surface area contributed by atoms with E-state index in [1.807, 2.05) is 0 Å². The molecule has 1 N–H and O–H groups in total. The van der Waals surface area contributed by atoms with Crippen molar-refractivity contribution in [2.75, 3.05) is 13.1 Å². The smallest absolute Gasteiger partial charge is 0.408 e. The Hall–Kier alpha value is -1.17. The molecule has 1 fully saturated rings. The Balaban J connectivity index is 2.32. The molecule has 0 saturated heterocycles. The standard InChI is InChI=1S/C9H13NO2/c1-2-6-10(9(11)12)7-8-4-3-5-8/h1,8H,3-7H2,(H,11,12). The summed E-state index contributed by atoms with van der Waals surface area (Å²) in [7, 11) is 0. The van der Waals surface area contributed by atoms with E-state index in [-0.39, 0.29) is 6.54 Å². The number of hydrogen-bond acceptors (Lipinski definition) is 1. The molecular formula is C9H13NO2. The summed E-state index contributed by atoms with van der Waals surface area (Å²) in [5.74, 6) is 2.90. The van der Waals surface area contributed by atoms with Gasteiger partial charge >= 0.3 is 6.09 Å². The maximum absolute atomic E-state index is 10.6. The molecule has 12 heavy (non-hydrogen) atoms. The number of carboxylic acid groups (broad SMARTS) is 1. The van der Waals surface area contributed by atoms with Crippen LogP contribution < -0.4 is 0 Å². The van der Waals surface area contributed by atoms with Crippen LogP contribution in [0.25, 0.3) is 0 Å². The van der Waals surface area contributed by atoms with Gasteiger partial charge in [-0.05, 0) is 18.8 Å². The molecule has 66 valence electrons. The van der Waals surface area contributed by atoms with Crippen LogP contribution in [0.2, 0.25) is 0 Å². The molecular weight excluding hydrogens is 154 g/mol. The normalized spacial score (nSPS) is 16.2. The van der Waals surface area contributed by atoms with E-state index in [4.69, 9.17) is 11.5 Å². The Kier molecular flexibility index (Phi) is 2.98. The van der Waals surface area contributed by atoms with Crippen molar-refractivity contribution in [1.29, 1.82) is 0 Å². The maximum atomic E-state index is 10.6. The quantitative estimate of drug-likeness (QED) is 0.645. The highest BCUT2D eigenvalue weighted by Gasteiger charge is 2.22. The van der Waals surface area contributed by atoms with Crippen LogP contribution in [0.3, 0.4) is 0 Å². The lowest BCUT2D eigenvalue weighted by atomic mass is 9.85. The highest BCUT2D eigenvalue weighted by atomic mass is 16.4. The lowest BCUT2D eigenvalue weighted by molar-refractivity contribution is 0.131. The number of rotatable bonds is 3. The number of terminal acetylenes is 1. The lowest BCUT2D eigenvalue weighted by Gasteiger charge is -2.29. The van der Waals surface area contributed by atoms with Crippen molar-refractivity contribution in [1.82, 2.24) is 4.90 Å². The van der Waals surface area contributed by atoms with E-state index in [0.29, 0.717) is 12.5 Å². The van der Waals surface area contributed by atoms with E-state index in [2.05, 4.69) is 5.92 Å². The second-order valence-electron chi connectivity index (χ2n) is 3.16. The van der Waals surface area contributed by atoms with Gasteiger partial charge in [-0.2, -0.15) is 0 Å². The average molecular weight is 167 g/mol. The molecule has 1 aliphatic carbocycles. The molecule has 0 atom stereocenters. The SMILES string of the molecule is C#CCN(CC1CCC1)C(=O)O. The zero-order valence-electron chi connectivity index (χ0n) is 6.99. The highest BCUT2D eigenvalue weighted by molar-refractivity contribution is 5.65. The van der Waals surface area contributed by atoms with Crippen molar-refractivity contribution in [3.05, 3.63) is 0 Å². The molecule has 1 amide bonds. The summed E-state index contributed by atoms with van der Waals surface area (Å²) >= 11 is 0. The Morgan fingerprint density at radius 3 is 2.67 bits per heavy atom. The third-order valence-electron chi connectivity index (χ3n) is 2.26. The zero-order valence-corrected chi connectivity index (χ0v) is 6.99. The van der Waals surface area contributed by atoms with Crippen LogP contribution in [0, 0.1) is 18.3 Å². The summed E-state index contributed by atoms with van der Waals surface area (Å²) in [5, 5.41) is 8.70. The molecule has 1 rings (SSSR count). The van der Waals surface area contributed by atoms with E-state index >= 15 is 0 Å². The van der Waals surface area contributed by atoms with Crippen LogP contribution in [-0.4, -0.2) is 29.2 Å². The second kappa shape index (κ2) is 4.01. The summed E-state index contributed by atoms with van der Waals surface area (Å²) in [6.07, 6.45) is 7.67. The van der Waals surface area contributed by atoms with Gasteiger partial charge in [0.2, 0.25) is 0 Å². The summed E-state index contributed by atoms with van der Waals surface area (Å²) in [6, 6.07) is 0. The van der Waals surface area contributed by atoms with Gasteiger partial charge in [-0.15, -0.1) is 6.42 Å². The van der Waals surface area contributed by atoms with Crippen LogP contribution in [-0.2, 0) is 0 Å². The second-order valence-corrected chi connectivity index (χ2v) is 3.16. The topological polar surface area (TPSA) is 40.5 Å². The number of carbonyl (C=O) groups is 1. The minimum absolute atomic E-state index is 0.214. The van der Waals surface area contributed by atoms with Gasteiger partial charge in [0.05, 0.1) is 6.54 Å². The van der Waals surface area contributed by atoms with E-state index in [0.717, 1.165) is 12.8 Å². The van der Waals surface area contributed by atoms with Crippen molar-refractivity contribution >= 4 is 6.09 Å². The predicted molar refractivity (Wildman–Crippen MR) is 45.8 cm³/mol. The fourth-order valence-corrected chi connectivity index (χ4v) is 1.31. The lowest BCUT2D eigenvalue weighted by Crippen LogP contribution is -2.36. The number of nitrogens with zero attached hydrogens (tertiary/aromatic N) is 1. The fraction of sp³-hybridized carbons (Fsp3) is 0.667. The molecule has 1 aliphatic rings. The monoisotopic (exact) mass is 167 g/mol. The van der Waals surface area contributed by atoms with Crippen LogP contribution in [0.5, 0.6) is 0 Å². The first-order valence-electron chi connectivity index (χ1n) is 4.15. The van der Waals surface area contributed by atoms with Crippen molar-refractivity contribution in [3.8, 4) is 12.3 Å². The maximum Gasteiger partial charge on any atom is 0.408 e. The number of amides is 1. The van der Waals surface area contributed by atoms with Crippen LogP contribution in [0.1, 0.15) is 19.3 Å². The molecule has 1 saturated carbocycles. The van der Waals surface area contributed by atoms with E-state index in [9.17, 15) is 4.79 Å². The molecule has 0 aromatic rings. The van der Waals surface area contributed by atoms with Gasteiger partial charge in [0, 0.05) is 6.54 Å². The fourth-order valence-electron chi connectivity index (χ4n) is 1.31. The zero-order chi connectivity index (χ0) is 8.97. The molecule has 3 heteroatoms. The number of hydrogen-bond donors (Lipinski definition) is 1. The average Bonchev–Trinajstić information content (AvgIpc) is 1.93. The minimum atomic E-state index is -0.903. The molecule has 0 radical (unpaired) electrons. The van der Waals surface area contributed by atoms with Crippen molar-refractivity contribution in [2.24, 2.45) is 5.92 Å². The molecule has 0 unspecified atom stereocenters. The molecule has 0 aromatic carbocycles. The van der Waals surface area contributed by atoms with Gasteiger partial charge in [-0.3, -0.25) is 4.90 Å². The first kappa shape index (κ1) is 8.92. The third kappa shape index (κ3) is 2.16. The third-order valence-corrected chi connectivity index (χ3v) is 2.26. The molecule has 0 bridgehead atoms. The first-order chi connectivity index (χ1) is 5.74. The van der Waals surface area contributed by atoms with Crippen LogP contribution in [0.4, 0.5) is 4.79 Å². The molecule has 0 aromatic heterocycles. The van der Waals surface area contributed by atoms with Crippen molar-refractivity contribution < 1.29 is 9.90 Å². The predicted octanol–water partition coefficient (Wildman–Crippen LogP) is 1.40. The molecule has 0 aliphatic heterocycles. The van der Waals surface area contributed by atoms with E-state index < -0.39 is 6.09 Å². The largest absolute Gasteiger partial charge is 0.465 e. The molecule has 0 spiro atoms. The van der Waals surface area contributed by atoms with E-state index in [1.165, 1.54) is 11.3 Å². The summed E-state index contributed by atoms with van der Waals surface area (Å²) < 4.78 is 0. The van der Waals surface area contributed by atoms with Crippen molar-refractivity contribution in [3.63, 3.8) is 0 Å². The van der Waals surface area contributed by atoms with Crippen LogP contribution in [0.15, 0.2) is 0 Å². The first-order valence-corrected chi connectivity index (χ1v) is 4.15. The van der Waals surface area contributed by atoms with Gasteiger partial charge in [-0.1, -0.05) is 12.3 Å². The Morgan fingerprint density at radius 1 is 1.67 bits per heavy atom. The Labute approximate surface area is 72.4 Å². The van der Waals surface area contributed by atoms with E-state index in [1.54, 1.807) is 0 Å². The van der Waals surface area contributed by atoms with Gasteiger partial charge in [0.25, 0.3) is 0 Å². The molecule has 0 heterocycles. The Morgan fingerprint density at radius 2 is 2.33 bits per heavy atom. The summed E-state index contributed by atoms with van der Waals surface area (Å²) in [6.45, 7) is 0.825. The van der Waals surface area contributed by atoms with Crippen LogP contribution >= 0.6 is 0 Å². The van der Waals surface area contributed by atoms with Gasteiger partial charge in [0.15, 0.2) is 0 Å². The Bertz CT molecular complexity index is 203. The molecule has 3 nitrogen and oxygen atoms in total. The van der Waals surface area contributed by atoms with Gasteiger partial charge < -0.3 is 5.11 Å². The summed E-state index contributed by atoms with van der Waals surface area (Å²) in [5.41, 5.74) is 0. The highest BCUT2D eigenvalue weighted by Crippen LogP contribution is 2.26. The summed E-state index contributed by atoms with van der Waals surface area (Å²) in [4.78, 5) is 11.9. The van der Waals surface area contributed by atoms with Crippen molar-refractivity contribution in [2.45, 2.75) is 19.3 Å². The van der Waals surface area contributed by atoms with Gasteiger partial charge in [0.1, 0.15) is 0 Å². The van der Waals surface area contributed by atoms with Gasteiger partial charge in [-0.25, -0.2) is 4.79 Å².